The third-order valence-electron chi connectivity index (χ3n) is 5.54. The molecular weight excluding hydrogens is 382 g/mol. The van der Waals surface area contributed by atoms with Crippen molar-refractivity contribution in [3.8, 4) is 11.6 Å². The lowest BCUT2D eigenvalue weighted by Crippen LogP contribution is -2.47. The van der Waals surface area contributed by atoms with E-state index in [9.17, 15) is 5.11 Å². The smallest absolute Gasteiger partial charge is 0.225 e. The van der Waals surface area contributed by atoms with E-state index in [1.54, 1.807) is 16.8 Å². The average molecular weight is 414 g/mol. The van der Waals surface area contributed by atoms with Crippen molar-refractivity contribution >= 4 is 17.4 Å². The van der Waals surface area contributed by atoms with Gasteiger partial charge in [-0.15, -0.1) is 5.10 Å². The molecule has 4 heterocycles. The molecule has 1 saturated heterocycles. The van der Waals surface area contributed by atoms with Crippen LogP contribution >= 0.6 is 0 Å². The van der Waals surface area contributed by atoms with Crippen LogP contribution in [-0.4, -0.2) is 67.9 Å². The molecular formula is C21H31N7O2. The first-order valence-electron chi connectivity index (χ1n) is 10.7. The van der Waals surface area contributed by atoms with E-state index in [2.05, 4.69) is 24.9 Å². The van der Waals surface area contributed by atoms with Crippen LogP contribution in [0.25, 0.3) is 17.2 Å². The minimum absolute atomic E-state index is 0.321. The lowest BCUT2D eigenvalue weighted by Gasteiger charge is -2.35. The number of aromatic nitrogens is 4. The van der Waals surface area contributed by atoms with Gasteiger partial charge in [0.25, 0.3) is 0 Å². The molecule has 3 aromatic heterocycles. The van der Waals surface area contributed by atoms with Gasteiger partial charge in [-0.25, -0.2) is 4.98 Å². The van der Waals surface area contributed by atoms with Gasteiger partial charge in [-0.3, -0.25) is 4.90 Å². The first-order valence-corrected chi connectivity index (χ1v) is 10.7. The van der Waals surface area contributed by atoms with E-state index >= 15 is 0 Å². The van der Waals surface area contributed by atoms with Crippen LogP contribution in [0.15, 0.2) is 28.9 Å². The molecule has 0 atom stereocenters. The van der Waals surface area contributed by atoms with Gasteiger partial charge in [0.1, 0.15) is 5.82 Å². The third-order valence-corrected chi connectivity index (χ3v) is 5.54. The fourth-order valence-corrected chi connectivity index (χ4v) is 3.84. The van der Waals surface area contributed by atoms with Crippen molar-refractivity contribution in [2.75, 3.05) is 43.4 Å². The maximum absolute atomic E-state index is 9.79. The Hall–Kier alpha value is -2.65. The second-order valence-electron chi connectivity index (χ2n) is 8.61. The molecule has 162 valence electrons. The molecule has 0 amide bonds. The van der Waals surface area contributed by atoms with Crippen molar-refractivity contribution in [1.29, 1.82) is 0 Å². The number of rotatable bonds is 8. The lowest BCUT2D eigenvalue weighted by molar-refractivity contribution is 0.0677. The van der Waals surface area contributed by atoms with E-state index in [0.29, 0.717) is 23.2 Å². The molecule has 3 aromatic rings. The van der Waals surface area contributed by atoms with Crippen molar-refractivity contribution in [2.45, 2.75) is 45.1 Å². The summed E-state index contributed by atoms with van der Waals surface area (Å²) in [6.45, 7) is 8.68. The monoisotopic (exact) mass is 413 g/mol. The van der Waals surface area contributed by atoms with Gasteiger partial charge in [0.05, 0.1) is 11.9 Å². The van der Waals surface area contributed by atoms with Crippen molar-refractivity contribution in [3.05, 3.63) is 24.5 Å². The Morgan fingerprint density at radius 3 is 2.63 bits per heavy atom. The van der Waals surface area contributed by atoms with E-state index in [-0.39, 0.29) is 0 Å². The lowest BCUT2D eigenvalue weighted by atomic mass is 10.0. The van der Waals surface area contributed by atoms with Crippen LogP contribution in [0, 0.1) is 0 Å². The summed E-state index contributed by atoms with van der Waals surface area (Å²) >= 11 is 0. The molecule has 0 saturated carbocycles. The van der Waals surface area contributed by atoms with Gasteiger partial charge in [0.2, 0.25) is 11.8 Å². The predicted octanol–water partition coefficient (Wildman–Crippen LogP) is 2.42. The Balaban J connectivity index is 1.32. The highest BCUT2D eigenvalue weighted by atomic mass is 16.3. The SMILES string of the molecule is CC(C)(O)CCCCCN1CCN(c2cc3nc(-c4ccco4)nn3c(N)n2)CC1. The number of aliphatic hydroxyl groups is 1. The maximum Gasteiger partial charge on any atom is 0.225 e. The molecule has 0 unspecified atom stereocenters. The number of piperazine rings is 1. The number of furan rings is 1. The zero-order valence-electron chi connectivity index (χ0n) is 17.8. The molecule has 1 fully saturated rings. The molecule has 9 heteroatoms. The maximum atomic E-state index is 9.79. The van der Waals surface area contributed by atoms with Crippen molar-refractivity contribution < 1.29 is 9.52 Å². The highest BCUT2D eigenvalue weighted by Gasteiger charge is 2.20. The Morgan fingerprint density at radius 1 is 1.13 bits per heavy atom. The molecule has 4 rings (SSSR count). The summed E-state index contributed by atoms with van der Waals surface area (Å²) in [6, 6.07) is 5.56. The quantitative estimate of drug-likeness (QED) is 0.542. The van der Waals surface area contributed by atoms with Crippen molar-refractivity contribution in [2.24, 2.45) is 0 Å². The molecule has 0 spiro atoms. The van der Waals surface area contributed by atoms with Gasteiger partial charge in [-0.05, 0) is 45.4 Å². The normalized spacial score (nSPS) is 15.9. The number of fused-ring (bicyclic) bond motifs is 1. The Morgan fingerprint density at radius 2 is 1.93 bits per heavy atom. The number of nitrogens with zero attached hydrogens (tertiary/aromatic N) is 6. The minimum atomic E-state index is -0.551. The highest BCUT2D eigenvalue weighted by molar-refractivity contribution is 5.59. The van der Waals surface area contributed by atoms with Crippen molar-refractivity contribution in [1.82, 2.24) is 24.5 Å². The number of nitrogen functional groups attached to an aromatic ring is 1. The number of nitrogens with two attached hydrogens (primary N) is 1. The first-order chi connectivity index (χ1) is 14.4. The van der Waals surface area contributed by atoms with Crippen LogP contribution in [0.2, 0.25) is 0 Å². The molecule has 0 radical (unpaired) electrons. The number of anilines is 2. The van der Waals surface area contributed by atoms with Crippen LogP contribution in [0.4, 0.5) is 11.8 Å². The summed E-state index contributed by atoms with van der Waals surface area (Å²) in [5.74, 6) is 2.26. The van der Waals surface area contributed by atoms with Gasteiger partial charge in [-0.2, -0.15) is 9.50 Å². The van der Waals surface area contributed by atoms with E-state index in [1.165, 1.54) is 6.42 Å². The van der Waals surface area contributed by atoms with Crippen LogP contribution in [0.5, 0.6) is 0 Å². The molecule has 1 aliphatic heterocycles. The molecule has 0 aromatic carbocycles. The van der Waals surface area contributed by atoms with Crippen LogP contribution < -0.4 is 10.6 Å². The molecule has 0 aliphatic carbocycles. The van der Waals surface area contributed by atoms with Crippen LogP contribution in [0.1, 0.15) is 39.5 Å². The summed E-state index contributed by atoms with van der Waals surface area (Å²) in [5.41, 5.74) is 6.26. The fraction of sp³-hybridized carbons (Fsp3) is 0.571. The summed E-state index contributed by atoms with van der Waals surface area (Å²) in [7, 11) is 0. The van der Waals surface area contributed by atoms with Gasteiger partial charge in [-0.1, -0.05) is 12.8 Å². The summed E-state index contributed by atoms with van der Waals surface area (Å²) in [5, 5.41) is 14.2. The molecule has 0 bridgehead atoms. The number of hydrogen-bond donors (Lipinski definition) is 2. The second-order valence-corrected chi connectivity index (χ2v) is 8.61. The fourth-order valence-electron chi connectivity index (χ4n) is 3.84. The van der Waals surface area contributed by atoms with E-state index in [4.69, 9.17) is 10.2 Å². The highest BCUT2D eigenvalue weighted by Crippen LogP contribution is 2.22. The van der Waals surface area contributed by atoms with Gasteiger partial charge >= 0.3 is 0 Å². The minimum Gasteiger partial charge on any atom is -0.461 e. The summed E-state index contributed by atoms with van der Waals surface area (Å²) < 4.78 is 6.93. The van der Waals surface area contributed by atoms with Gasteiger partial charge in [0.15, 0.2) is 11.4 Å². The number of hydrogen-bond acceptors (Lipinski definition) is 8. The van der Waals surface area contributed by atoms with Crippen LogP contribution in [-0.2, 0) is 0 Å². The Kier molecular flexibility index (Phi) is 5.92. The number of unbranched alkanes of at least 4 members (excludes halogenated alkanes) is 2. The third kappa shape index (κ3) is 4.91. The first kappa shape index (κ1) is 20.6. The topological polar surface area (TPSA) is 109 Å². The summed E-state index contributed by atoms with van der Waals surface area (Å²) in [6.07, 6.45) is 5.86. The van der Waals surface area contributed by atoms with Crippen molar-refractivity contribution in [3.63, 3.8) is 0 Å². The van der Waals surface area contributed by atoms with E-state index < -0.39 is 5.60 Å². The molecule has 3 N–H and O–H groups in total. The van der Waals surface area contributed by atoms with Crippen LogP contribution in [0.3, 0.4) is 0 Å². The molecule has 30 heavy (non-hydrogen) atoms. The summed E-state index contributed by atoms with van der Waals surface area (Å²) in [4.78, 5) is 13.8. The van der Waals surface area contributed by atoms with Gasteiger partial charge < -0.3 is 20.2 Å². The Bertz CT molecular complexity index is 954. The second kappa shape index (κ2) is 8.61. The predicted molar refractivity (Wildman–Crippen MR) is 116 cm³/mol. The van der Waals surface area contributed by atoms with E-state index in [1.807, 2.05) is 26.0 Å². The van der Waals surface area contributed by atoms with Gasteiger partial charge in [0, 0.05) is 32.2 Å². The largest absolute Gasteiger partial charge is 0.461 e. The molecule has 1 aliphatic rings. The van der Waals surface area contributed by atoms with E-state index in [0.717, 1.165) is 57.8 Å². The standard InChI is InChI=1S/C21H31N7O2/c1-21(2,29)8-4-3-5-9-26-10-12-27(13-11-26)17-15-18-23-19(16-7-6-14-30-16)25-28(18)20(22)24-17/h6-7,14-15,29H,3-5,8-13H2,1-2H3,(H2,22,24). The average Bonchev–Trinajstić information content (AvgIpc) is 3.37. The zero-order chi connectivity index (χ0) is 21.1. The molecule has 9 nitrogen and oxygen atoms in total. The zero-order valence-corrected chi connectivity index (χ0v) is 17.8. The Labute approximate surface area is 176 Å².